The van der Waals surface area contributed by atoms with Crippen LogP contribution in [0.15, 0.2) is 24.3 Å². The average molecular weight is 354 g/mol. The molecule has 1 aromatic rings. The lowest BCUT2D eigenvalue weighted by atomic mass is 9.98. The summed E-state index contributed by atoms with van der Waals surface area (Å²) in [5.41, 5.74) is -0.340. The lowest BCUT2D eigenvalue weighted by molar-refractivity contribution is -0.148. The van der Waals surface area contributed by atoms with Crippen molar-refractivity contribution in [3.63, 3.8) is 0 Å². The van der Waals surface area contributed by atoms with Crippen molar-refractivity contribution < 1.29 is 19.4 Å². The van der Waals surface area contributed by atoms with Crippen molar-refractivity contribution in [1.82, 2.24) is 5.32 Å². The third-order valence-electron chi connectivity index (χ3n) is 2.76. The number of esters is 1. The molecule has 112 valence electrons. The molecule has 0 unspecified atom stereocenters. The maximum Gasteiger partial charge on any atom is 0.331 e. The molecule has 1 rings (SSSR count). The molecule has 0 aliphatic heterocycles. The van der Waals surface area contributed by atoms with Crippen molar-refractivity contribution >= 4 is 27.8 Å². The van der Waals surface area contributed by atoms with Gasteiger partial charge in [0.2, 0.25) is 0 Å². The van der Waals surface area contributed by atoms with Gasteiger partial charge < -0.3 is 15.2 Å². The molecule has 0 heterocycles. The molecule has 1 amide bonds. The summed E-state index contributed by atoms with van der Waals surface area (Å²) in [7, 11) is 1.20. The predicted molar refractivity (Wildman–Crippen MR) is 81.8 cm³/mol. The van der Waals surface area contributed by atoms with Crippen molar-refractivity contribution in [2.24, 2.45) is 0 Å². The van der Waals surface area contributed by atoms with E-state index in [0.717, 1.165) is 5.56 Å². The van der Waals surface area contributed by atoms with E-state index in [9.17, 15) is 14.7 Å². The Morgan fingerprint density at radius 3 is 2.33 bits per heavy atom. The molecule has 0 aromatic heterocycles. The first kappa shape index (κ1) is 17.2. The van der Waals surface area contributed by atoms with Crippen molar-refractivity contribution in [1.29, 1.82) is 0 Å². The van der Waals surface area contributed by atoms with E-state index in [1.54, 1.807) is 24.3 Å². The Morgan fingerprint density at radius 1 is 1.33 bits per heavy atom. The lowest BCUT2D eigenvalue weighted by Gasteiger charge is -2.27. The largest absolute Gasteiger partial charge is 0.467 e. The van der Waals surface area contributed by atoms with Gasteiger partial charge >= 0.3 is 5.97 Å². The molecular weight excluding hydrogens is 338 g/mol. The monoisotopic (exact) mass is 353 g/mol. The van der Waals surface area contributed by atoms with Crippen LogP contribution in [-0.4, -0.2) is 35.7 Å². The Bertz CT molecular complexity index is 578. The predicted octanol–water partition coefficient (Wildman–Crippen LogP) is 1.43. The molecule has 6 heteroatoms. The number of methoxy groups -OCH3 is 1. The minimum absolute atomic E-state index is 0.355. The van der Waals surface area contributed by atoms with Gasteiger partial charge in [0, 0.05) is 27.1 Å². The van der Waals surface area contributed by atoms with Gasteiger partial charge in [-0.1, -0.05) is 5.92 Å². The Labute approximate surface area is 131 Å². The second kappa shape index (κ2) is 7.25. The van der Waals surface area contributed by atoms with E-state index >= 15 is 0 Å². The van der Waals surface area contributed by atoms with Gasteiger partial charge in [0.25, 0.3) is 5.91 Å². The summed E-state index contributed by atoms with van der Waals surface area (Å²) in [5.74, 6) is 1.60. The molecule has 2 N–H and O–H groups in total. The minimum Gasteiger partial charge on any atom is -0.467 e. The Balaban J connectivity index is 2.91. The van der Waals surface area contributed by atoms with E-state index in [1.165, 1.54) is 21.0 Å². The van der Waals surface area contributed by atoms with Crippen LogP contribution in [0, 0.1) is 10.8 Å². The Morgan fingerprint density at radius 2 is 1.90 bits per heavy atom. The molecule has 0 fully saturated rings. The quantitative estimate of drug-likeness (QED) is 0.634. The maximum atomic E-state index is 12.1. The second-order valence-corrected chi connectivity index (χ2v) is 5.28. The highest BCUT2D eigenvalue weighted by Crippen LogP contribution is 2.12. The van der Waals surface area contributed by atoms with Crippen LogP contribution in [0.5, 0.6) is 0 Å². The van der Waals surface area contributed by atoms with E-state index in [0.29, 0.717) is 5.56 Å². The summed E-state index contributed by atoms with van der Waals surface area (Å²) in [5, 5.41) is 12.4. The van der Waals surface area contributed by atoms with E-state index in [2.05, 4.69) is 36.7 Å². The van der Waals surface area contributed by atoms with Crippen LogP contribution in [0.25, 0.3) is 0 Å². The molecule has 21 heavy (non-hydrogen) atoms. The summed E-state index contributed by atoms with van der Waals surface area (Å²) in [4.78, 5) is 26.3. The fraction of sp³-hybridized carbons (Fsp3) is 0.333. The normalized spacial score (nSPS) is 11.9. The first-order chi connectivity index (χ1) is 9.79. The number of benzene rings is 1. The average Bonchev–Trinajstić information content (AvgIpc) is 2.43. The number of hydrogen-bond acceptors (Lipinski definition) is 4. The first-order valence-electron chi connectivity index (χ1n) is 6.12. The second-order valence-electron chi connectivity index (χ2n) is 4.88. The number of rotatable bonds is 4. The van der Waals surface area contributed by atoms with E-state index in [1.807, 2.05) is 0 Å². The van der Waals surface area contributed by atoms with Crippen molar-refractivity contribution in [3.05, 3.63) is 35.4 Å². The summed E-state index contributed by atoms with van der Waals surface area (Å²) >= 11 is 2.99. The van der Waals surface area contributed by atoms with Crippen molar-refractivity contribution in [2.45, 2.75) is 25.5 Å². The number of carbonyl (C=O) groups excluding carboxylic acids is 2. The van der Waals surface area contributed by atoms with Crippen LogP contribution < -0.4 is 5.32 Å². The number of carbonyl (C=O) groups is 2. The zero-order valence-corrected chi connectivity index (χ0v) is 13.5. The number of aliphatic hydroxyl groups is 1. The number of amides is 1. The molecule has 0 aliphatic rings. The number of hydrogen-bond donors (Lipinski definition) is 2. The zero-order valence-electron chi connectivity index (χ0n) is 11.9. The van der Waals surface area contributed by atoms with Crippen LogP contribution in [0.3, 0.4) is 0 Å². The molecule has 0 bridgehead atoms. The van der Waals surface area contributed by atoms with Gasteiger partial charge in [0.15, 0.2) is 6.04 Å². The van der Waals surface area contributed by atoms with Gasteiger partial charge in [0.1, 0.15) is 0 Å². The van der Waals surface area contributed by atoms with Crippen LogP contribution in [0.4, 0.5) is 0 Å². The van der Waals surface area contributed by atoms with E-state index < -0.39 is 23.5 Å². The minimum atomic E-state index is -1.44. The first-order valence-corrected chi connectivity index (χ1v) is 6.91. The van der Waals surface area contributed by atoms with Crippen LogP contribution in [-0.2, 0) is 9.53 Å². The molecule has 5 nitrogen and oxygen atoms in total. The fourth-order valence-electron chi connectivity index (χ4n) is 1.62. The van der Waals surface area contributed by atoms with E-state index in [-0.39, 0.29) is 0 Å². The van der Waals surface area contributed by atoms with Gasteiger partial charge in [0.05, 0.1) is 12.7 Å². The van der Waals surface area contributed by atoms with Gasteiger partial charge in [-0.25, -0.2) is 4.79 Å². The van der Waals surface area contributed by atoms with Crippen LogP contribution in [0.1, 0.15) is 29.8 Å². The molecule has 0 aliphatic carbocycles. The van der Waals surface area contributed by atoms with Gasteiger partial charge in [-0.3, -0.25) is 4.79 Å². The van der Waals surface area contributed by atoms with Crippen LogP contribution >= 0.6 is 15.9 Å². The van der Waals surface area contributed by atoms with Crippen molar-refractivity contribution in [3.8, 4) is 10.8 Å². The van der Waals surface area contributed by atoms with Gasteiger partial charge in [-0.15, -0.1) is 0 Å². The molecule has 0 saturated carbocycles. The summed E-state index contributed by atoms with van der Waals surface area (Å²) in [6, 6.07) is 5.37. The van der Waals surface area contributed by atoms with Gasteiger partial charge in [-0.2, -0.15) is 0 Å². The Kier molecular flexibility index (Phi) is 5.94. The number of halogens is 1. The smallest absolute Gasteiger partial charge is 0.331 e. The highest BCUT2D eigenvalue weighted by molar-refractivity contribution is 9.12. The van der Waals surface area contributed by atoms with Gasteiger partial charge in [-0.05, 0) is 42.9 Å². The molecule has 1 aromatic carbocycles. The lowest BCUT2D eigenvalue weighted by Crippen LogP contribution is -2.54. The summed E-state index contributed by atoms with van der Waals surface area (Å²) < 4.78 is 4.59. The highest BCUT2D eigenvalue weighted by Gasteiger charge is 2.35. The molecule has 0 spiro atoms. The third-order valence-corrected chi connectivity index (χ3v) is 2.96. The topological polar surface area (TPSA) is 75.6 Å². The number of ether oxygens (including phenoxy) is 1. The third kappa shape index (κ3) is 4.88. The SMILES string of the molecule is COC(=O)[C@@H](NC(=O)c1ccc(C#CBr)cc1)C(C)(C)O. The maximum absolute atomic E-state index is 12.1. The summed E-state index contributed by atoms with van der Waals surface area (Å²) in [6.07, 6.45) is 0. The van der Waals surface area contributed by atoms with Crippen LogP contribution in [0.2, 0.25) is 0 Å². The van der Waals surface area contributed by atoms with E-state index in [4.69, 9.17) is 0 Å². The fourth-order valence-corrected chi connectivity index (χ4v) is 1.84. The molecule has 0 saturated heterocycles. The molecular formula is C15H16BrNO4. The molecule has 1 atom stereocenters. The Hall–Kier alpha value is -1.84. The number of nitrogens with one attached hydrogen (secondary N) is 1. The van der Waals surface area contributed by atoms with Crippen molar-refractivity contribution in [2.75, 3.05) is 7.11 Å². The molecule has 0 radical (unpaired) electrons. The highest BCUT2D eigenvalue weighted by atomic mass is 79.9. The zero-order chi connectivity index (χ0) is 16.0. The summed E-state index contributed by atoms with van der Waals surface area (Å²) in [6.45, 7) is 2.84. The standard InChI is InChI=1S/C15H16BrNO4/c1-15(2,20)12(14(19)21-3)17-13(18)11-6-4-10(5-7-11)8-9-16/h4-7,12,20H,1-3H3,(H,17,18)/t12-/m1/s1.